The molecule has 0 unspecified atom stereocenters. The van der Waals surface area contributed by atoms with Crippen molar-refractivity contribution in [1.29, 1.82) is 0 Å². The Bertz CT molecular complexity index is 765. The Morgan fingerprint density at radius 2 is 1.86 bits per heavy atom. The maximum atomic E-state index is 12.9. The zero-order valence-corrected chi connectivity index (χ0v) is 17.5. The van der Waals surface area contributed by atoms with Crippen molar-refractivity contribution in [3.8, 4) is 5.75 Å². The van der Waals surface area contributed by atoms with Gasteiger partial charge in [-0.25, -0.2) is 0 Å². The molecule has 3 heterocycles. The summed E-state index contributed by atoms with van der Waals surface area (Å²) in [6, 6.07) is 7.04. The molecule has 0 saturated carbocycles. The fraction of sp³-hybridized carbons (Fsp3) is 0.667. The first-order chi connectivity index (χ1) is 13.7. The van der Waals surface area contributed by atoms with Crippen molar-refractivity contribution in [1.82, 2.24) is 5.32 Å². The number of methoxy groups -OCH3 is 1. The van der Waals surface area contributed by atoms with E-state index in [9.17, 15) is 4.79 Å². The van der Waals surface area contributed by atoms with E-state index in [0.29, 0.717) is 12.4 Å². The molecule has 3 aliphatic heterocycles. The van der Waals surface area contributed by atoms with Crippen molar-refractivity contribution in [2.24, 2.45) is 0 Å². The van der Waals surface area contributed by atoms with Crippen LogP contribution < -0.4 is 10.1 Å². The Labute approximate surface area is 170 Å². The molecule has 0 aromatic heterocycles. The highest BCUT2D eigenvalue weighted by atomic mass is 16.8. The Hall–Kier alpha value is -1.71. The van der Waals surface area contributed by atoms with Gasteiger partial charge in [-0.3, -0.25) is 4.79 Å². The highest BCUT2D eigenvalue weighted by molar-refractivity contribution is 5.79. The van der Waals surface area contributed by atoms with Crippen LogP contribution in [0.4, 0.5) is 0 Å². The van der Waals surface area contributed by atoms with Crippen LogP contribution in [0.1, 0.15) is 33.3 Å². The predicted molar refractivity (Wildman–Crippen MR) is 102 cm³/mol. The molecule has 160 valence electrons. The highest BCUT2D eigenvalue weighted by Crippen LogP contribution is 2.40. The molecule has 8 nitrogen and oxygen atoms in total. The largest absolute Gasteiger partial charge is 0.496 e. The van der Waals surface area contributed by atoms with Crippen molar-refractivity contribution in [2.75, 3.05) is 13.7 Å². The number of fused-ring (bicyclic) bond motifs is 1. The number of carbonyl (C=O) groups excluding carboxylic acids is 1. The number of ether oxygens (including phenoxy) is 6. The Morgan fingerprint density at radius 1 is 1.10 bits per heavy atom. The molecule has 3 aliphatic rings. The van der Waals surface area contributed by atoms with Gasteiger partial charge < -0.3 is 33.7 Å². The number of hydrogen-bond acceptors (Lipinski definition) is 7. The van der Waals surface area contributed by atoms with Gasteiger partial charge in [0.1, 0.15) is 24.1 Å². The van der Waals surface area contributed by atoms with Crippen molar-refractivity contribution < 1.29 is 33.2 Å². The molecule has 1 N–H and O–H groups in total. The standard InChI is InChI=1S/C21H29NO7/c1-20(2)25-11-14(27-20)17-16(18-19(26-17)29-21(3,4)28-18)22-15(23)10-12-8-6-7-9-13(12)24-5/h6-9,14,16-19H,10-11H2,1-5H3,(H,22,23)/t14-,16-,17-,18-,19-/m1/s1. The summed E-state index contributed by atoms with van der Waals surface area (Å²) in [6.45, 7) is 7.74. The second-order valence-electron chi connectivity index (χ2n) is 8.52. The average molecular weight is 407 g/mol. The summed E-state index contributed by atoms with van der Waals surface area (Å²) in [7, 11) is 1.59. The minimum Gasteiger partial charge on any atom is -0.496 e. The SMILES string of the molecule is COc1ccccc1CC(=O)N[C@H]1[C@H]2OC(C)(C)O[C@H]2O[C@@H]1[C@H]1COC(C)(C)O1. The van der Waals surface area contributed by atoms with Crippen molar-refractivity contribution in [3.05, 3.63) is 29.8 Å². The molecule has 1 amide bonds. The van der Waals surface area contributed by atoms with Gasteiger partial charge in [-0.1, -0.05) is 18.2 Å². The molecule has 5 atom stereocenters. The molecule has 3 fully saturated rings. The maximum absolute atomic E-state index is 12.9. The van der Waals surface area contributed by atoms with Gasteiger partial charge in [-0.15, -0.1) is 0 Å². The number of nitrogens with one attached hydrogen (secondary N) is 1. The van der Waals surface area contributed by atoms with Gasteiger partial charge in [0.05, 0.1) is 26.2 Å². The van der Waals surface area contributed by atoms with Gasteiger partial charge in [0.15, 0.2) is 17.9 Å². The summed E-state index contributed by atoms with van der Waals surface area (Å²) < 4.78 is 35.1. The number of benzene rings is 1. The Balaban J connectivity index is 1.50. The maximum Gasteiger partial charge on any atom is 0.224 e. The monoisotopic (exact) mass is 407 g/mol. The number of hydrogen-bond donors (Lipinski definition) is 1. The minimum atomic E-state index is -0.780. The lowest BCUT2D eigenvalue weighted by Gasteiger charge is -2.29. The molecular weight excluding hydrogens is 378 g/mol. The summed E-state index contributed by atoms with van der Waals surface area (Å²) in [4.78, 5) is 12.9. The van der Waals surface area contributed by atoms with E-state index in [1.54, 1.807) is 7.11 Å². The van der Waals surface area contributed by atoms with Crippen LogP contribution in [-0.4, -0.2) is 61.8 Å². The molecule has 3 saturated heterocycles. The second kappa shape index (κ2) is 7.52. The summed E-state index contributed by atoms with van der Waals surface area (Å²) >= 11 is 0. The molecule has 29 heavy (non-hydrogen) atoms. The molecule has 0 aliphatic carbocycles. The van der Waals surface area contributed by atoms with Crippen LogP contribution in [0.3, 0.4) is 0 Å². The summed E-state index contributed by atoms with van der Waals surface area (Å²) in [5.41, 5.74) is 0.810. The first kappa shape index (κ1) is 20.6. The number of para-hydroxylation sites is 1. The van der Waals surface area contributed by atoms with E-state index in [0.717, 1.165) is 5.56 Å². The van der Waals surface area contributed by atoms with Crippen LogP contribution in [0.25, 0.3) is 0 Å². The average Bonchev–Trinajstić information content (AvgIpc) is 3.25. The molecule has 1 aromatic carbocycles. The third kappa shape index (κ3) is 4.27. The molecule has 0 bridgehead atoms. The van der Waals surface area contributed by atoms with Gasteiger partial charge in [0.2, 0.25) is 5.91 Å². The normalized spacial score (nSPS) is 34.7. The Kier molecular flexibility index (Phi) is 5.33. The van der Waals surface area contributed by atoms with E-state index in [1.807, 2.05) is 52.0 Å². The molecule has 0 spiro atoms. The summed E-state index contributed by atoms with van der Waals surface area (Å²) in [5, 5.41) is 3.08. The first-order valence-electron chi connectivity index (χ1n) is 9.91. The van der Waals surface area contributed by atoms with Crippen LogP contribution in [0.15, 0.2) is 24.3 Å². The molecule has 1 aromatic rings. The second-order valence-corrected chi connectivity index (χ2v) is 8.52. The van der Waals surface area contributed by atoms with Gasteiger partial charge in [-0.05, 0) is 33.8 Å². The van der Waals surface area contributed by atoms with Crippen molar-refractivity contribution in [3.63, 3.8) is 0 Å². The lowest BCUT2D eigenvalue weighted by atomic mass is 10.0. The summed E-state index contributed by atoms with van der Waals surface area (Å²) in [5.74, 6) is -0.951. The van der Waals surface area contributed by atoms with E-state index >= 15 is 0 Å². The van der Waals surface area contributed by atoms with Crippen LogP contribution in [0, 0.1) is 0 Å². The smallest absolute Gasteiger partial charge is 0.224 e. The fourth-order valence-corrected chi connectivity index (χ4v) is 4.15. The lowest BCUT2D eigenvalue weighted by molar-refractivity contribution is -0.223. The van der Waals surface area contributed by atoms with Gasteiger partial charge in [-0.2, -0.15) is 0 Å². The molecular formula is C21H29NO7. The van der Waals surface area contributed by atoms with Crippen LogP contribution in [-0.2, 0) is 34.9 Å². The van der Waals surface area contributed by atoms with Crippen LogP contribution >= 0.6 is 0 Å². The zero-order valence-electron chi connectivity index (χ0n) is 17.5. The molecule has 4 rings (SSSR count). The lowest BCUT2D eigenvalue weighted by Crippen LogP contribution is -2.53. The fourth-order valence-electron chi connectivity index (χ4n) is 4.15. The van der Waals surface area contributed by atoms with Crippen LogP contribution in [0.2, 0.25) is 0 Å². The van der Waals surface area contributed by atoms with Crippen molar-refractivity contribution >= 4 is 5.91 Å². The number of amides is 1. The third-order valence-electron chi connectivity index (χ3n) is 5.36. The minimum absolute atomic E-state index is 0.153. The Morgan fingerprint density at radius 3 is 2.55 bits per heavy atom. The van der Waals surface area contributed by atoms with Gasteiger partial charge in [0.25, 0.3) is 0 Å². The van der Waals surface area contributed by atoms with Gasteiger partial charge >= 0.3 is 0 Å². The van der Waals surface area contributed by atoms with E-state index in [-0.39, 0.29) is 18.4 Å². The van der Waals surface area contributed by atoms with Crippen LogP contribution in [0.5, 0.6) is 5.75 Å². The molecule has 8 heteroatoms. The zero-order chi connectivity index (χ0) is 20.8. The van der Waals surface area contributed by atoms with Gasteiger partial charge in [0, 0.05) is 5.56 Å². The highest BCUT2D eigenvalue weighted by Gasteiger charge is 2.58. The first-order valence-corrected chi connectivity index (χ1v) is 9.91. The van der Waals surface area contributed by atoms with E-state index < -0.39 is 36.1 Å². The van der Waals surface area contributed by atoms with Crippen molar-refractivity contribution in [2.45, 2.75) is 76.3 Å². The predicted octanol–water partition coefficient (Wildman–Crippen LogP) is 1.75. The third-order valence-corrected chi connectivity index (χ3v) is 5.36. The van der Waals surface area contributed by atoms with E-state index in [4.69, 9.17) is 28.4 Å². The van der Waals surface area contributed by atoms with E-state index in [1.165, 1.54) is 0 Å². The number of carbonyl (C=O) groups is 1. The topological polar surface area (TPSA) is 84.5 Å². The molecule has 0 radical (unpaired) electrons. The van der Waals surface area contributed by atoms with E-state index in [2.05, 4.69) is 5.32 Å². The quantitative estimate of drug-likeness (QED) is 0.796. The summed E-state index contributed by atoms with van der Waals surface area (Å²) in [6.07, 6.45) is -1.59. The number of rotatable bonds is 5.